The molecule has 1 N–H and O–H groups in total. The lowest BCUT2D eigenvalue weighted by Crippen LogP contribution is -2.53. The summed E-state index contributed by atoms with van der Waals surface area (Å²) in [4.78, 5) is 26.3. The van der Waals surface area contributed by atoms with Crippen LogP contribution in [0.25, 0.3) is 0 Å². The molecule has 0 spiro atoms. The van der Waals surface area contributed by atoms with Crippen molar-refractivity contribution in [2.45, 2.75) is 38.4 Å². The van der Waals surface area contributed by atoms with Crippen LogP contribution in [-0.2, 0) is 11.2 Å². The van der Waals surface area contributed by atoms with Gasteiger partial charge in [0, 0.05) is 31.5 Å². The number of aryl methyl sites for hydroxylation is 2. The summed E-state index contributed by atoms with van der Waals surface area (Å²) < 4.78 is 29.7. The molecule has 2 aromatic rings. The topological polar surface area (TPSA) is 93.9 Å². The number of carbonyl (C=O) groups is 2. The summed E-state index contributed by atoms with van der Waals surface area (Å²) in [5.74, 6) is 1.29. The molecule has 2 aliphatic heterocycles. The van der Waals surface area contributed by atoms with E-state index in [2.05, 4.69) is 10.5 Å². The number of hydrogen-bond acceptors (Lipinski definition) is 6. The first-order valence-corrected chi connectivity index (χ1v) is 9.52. The average molecular weight is 403 g/mol. The van der Waals surface area contributed by atoms with Crippen LogP contribution in [0.2, 0.25) is 0 Å². The van der Waals surface area contributed by atoms with Crippen molar-refractivity contribution in [1.29, 1.82) is 0 Å². The van der Waals surface area contributed by atoms with Crippen molar-refractivity contribution < 1.29 is 28.0 Å². The number of fused-ring (bicyclic) bond motifs is 1. The minimum atomic E-state index is -1.19. The van der Waals surface area contributed by atoms with E-state index in [0.29, 0.717) is 23.7 Å². The Balaban J connectivity index is 1.32. The molecular weight excluding hydrogens is 381 g/mol. The molecule has 8 nitrogen and oxygen atoms in total. The van der Waals surface area contributed by atoms with Crippen LogP contribution in [0.4, 0.5) is 4.39 Å². The number of likely N-dealkylation sites (tertiary alicyclic amines) is 1. The van der Waals surface area contributed by atoms with Gasteiger partial charge in [0.15, 0.2) is 17.2 Å². The molecule has 0 bridgehead atoms. The van der Waals surface area contributed by atoms with E-state index >= 15 is 0 Å². The van der Waals surface area contributed by atoms with Gasteiger partial charge in [0.2, 0.25) is 12.7 Å². The second-order valence-electron chi connectivity index (χ2n) is 7.31. The van der Waals surface area contributed by atoms with Gasteiger partial charge in [-0.05, 0) is 31.0 Å². The smallest absolute Gasteiger partial charge is 0.273 e. The molecule has 1 aromatic heterocycles. The zero-order valence-corrected chi connectivity index (χ0v) is 16.0. The van der Waals surface area contributed by atoms with Gasteiger partial charge in [-0.2, -0.15) is 0 Å². The highest BCUT2D eigenvalue weighted by Gasteiger charge is 2.31. The normalized spacial score (nSPS) is 20.6. The van der Waals surface area contributed by atoms with Crippen molar-refractivity contribution in [2.75, 3.05) is 19.9 Å². The van der Waals surface area contributed by atoms with E-state index in [4.69, 9.17) is 14.0 Å². The number of rotatable bonds is 5. The highest BCUT2D eigenvalue weighted by molar-refractivity contribution is 5.92. The summed E-state index contributed by atoms with van der Waals surface area (Å²) in [6, 6.07) is 6.60. The molecule has 9 heteroatoms. The Labute approximate surface area is 166 Å². The maximum Gasteiger partial charge on any atom is 0.273 e. The quantitative estimate of drug-likeness (QED) is 0.821. The molecule has 154 valence electrons. The Morgan fingerprint density at radius 1 is 1.24 bits per heavy atom. The second kappa shape index (κ2) is 8.10. The van der Waals surface area contributed by atoms with Gasteiger partial charge in [-0.1, -0.05) is 11.2 Å². The number of benzene rings is 1. The highest BCUT2D eigenvalue weighted by Crippen LogP contribution is 2.32. The van der Waals surface area contributed by atoms with E-state index in [1.807, 2.05) is 18.2 Å². The van der Waals surface area contributed by atoms with Crippen LogP contribution in [0.1, 0.15) is 34.7 Å². The maximum atomic E-state index is 14.2. The third-order valence-electron chi connectivity index (χ3n) is 5.01. The molecule has 0 radical (unpaired) electrons. The van der Waals surface area contributed by atoms with Gasteiger partial charge in [0.25, 0.3) is 5.91 Å². The summed E-state index contributed by atoms with van der Waals surface area (Å²) >= 11 is 0. The molecule has 0 unspecified atom stereocenters. The van der Waals surface area contributed by atoms with E-state index in [0.717, 1.165) is 5.56 Å². The predicted molar refractivity (Wildman–Crippen MR) is 99.5 cm³/mol. The van der Waals surface area contributed by atoms with Crippen molar-refractivity contribution in [1.82, 2.24) is 15.4 Å². The largest absolute Gasteiger partial charge is 0.454 e. The Morgan fingerprint density at radius 2 is 2.07 bits per heavy atom. The maximum absolute atomic E-state index is 14.2. The summed E-state index contributed by atoms with van der Waals surface area (Å²) in [6.07, 6.45) is -0.273. The minimum absolute atomic E-state index is 0.0371. The van der Waals surface area contributed by atoms with Crippen LogP contribution in [0.5, 0.6) is 11.5 Å². The number of nitrogens with zero attached hydrogens (tertiary/aromatic N) is 2. The van der Waals surface area contributed by atoms with Gasteiger partial charge in [0.05, 0.1) is 6.54 Å². The molecule has 0 saturated carbocycles. The highest BCUT2D eigenvalue weighted by atomic mass is 19.1. The third-order valence-corrected chi connectivity index (χ3v) is 5.01. The standard InChI is InChI=1S/C20H22FN3O5/c1-12-6-16(23-29-12)20(26)22-15-8-14(21)9-24(10-15)19(25)5-3-13-2-4-17-18(7-13)28-11-27-17/h2,4,6-7,14-15H,3,5,8-11H2,1H3,(H,22,26)/t14-,15+/m1/s1. The summed E-state index contributed by atoms with van der Waals surface area (Å²) in [7, 11) is 0. The van der Waals surface area contributed by atoms with Crippen LogP contribution in [0.3, 0.4) is 0 Å². The number of amides is 2. The molecular formula is C20H22FN3O5. The zero-order valence-electron chi connectivity index (χ0n) is 16.0. The van der Waals surface area contributed by atoms with E-state index < -0.39 is 18.1 Å². The number of aromatic nitrogens is 1. The molecule has 2 amide bonds. The molecule has 0 aliphatic carbocycles. The van der Waals surface area contributed by atoms with Gasteiger partial charge in [-0.3, -0.25) is 9.59 Å². The first kappa shape index (κ1) is 19.2. The number of piperidine rings is 1. The number of carbonyl (C=O) groups excluding carboxylic acids is 2. The van der Waals surface area contributed by atoms with Crippen molar-refractivity contribution >= 4 is 11.8 Å². The fourth-order valence-electron chi connectivity index (χ4n) is 3.58. The summed E-state index contributed by atoms with van der Waals surface area (Å²) in [5.41, 5.74) is 1.09. The molecule has 2 aliphatic rings. The Morgan fingerprint density at radius 3 is 2.86 bits per heavy atom. The fraction of sp³-hybridized carbons (Fsp3) is 0.450. The lowest BCUT2D eigenvalue weighted by molar-refractivity contribution is -0.133. The first-order chi connectivity index (χ1) is 14.0. The monoisotopic (exact) mass is 403 g/mol. The van der Waals surface area contributed by atoms with Crippen LogP contribution in [0, 0.1) is 6.92 Å². The van der Waals surface area contributed by atoms with Crippen LogP contribution >= 0.6 is 0 Å². The van der Waals surface area contributed by atoms with Crippen molar-refractivity contribution in [3.8, 4) is 11.5 Å². The van der Waals surface area contributed by atoms with E-state index in [1.54, 1.807) is 6.92 Å². The average Bonchev–Trinajstić information content (AvgIpc) is 3.34. The number of alkyl halides is 1. The van der Waals surface area contributed by atoms with Gasteiger partial charge >= 0.3 is 0 Å². The zero-order chi connectivity index (χ0) is 20.4. The predicted octanol–water partition coefficient (Wildman–Crippen LogP) is 2.01. The van der Waals surface area contributed by atoms with Gasteiger partial charge in [0.1, 0.15) is 11.9 Å². The third kappa shape index (κ3) is 4.49. The number of nitrogens with one attached hydrogen (secondary N) is 1. The Hall–Kier alpha value is -3.10. The van der Waals surface area contributed by atoms with Gasteiger partial charge in [-0.25, -0.2) is 4.39 Å². The Bertz CT molecular complexity index is 915. The van der Waals surface area contributed by atoms with Crippen LogP contribution < -0.4 is 14.8 Å². The molecule has 1 fully saturated rings. The SMILES string of the molecule is Cc1cc(C(=O)N[C@H]2C[C@@H](F)CN(C(=O)CCc3ccc4c(c3)OCO4)C2)no1. The number of halogens is 1. The van der Waals surface area contributed by atoms with E-state index in [9.17, 15) is 14.0 Å². The number of hydrogen-bond donors (Lipinski definition) is 1. The second-order valence-corrected chi connectivity index (χ2v) is 7.31. The molecule has 4 rings (SSSR count). The van der Waals surface area contributed by atoms with Crippen molar-refractivity contribution in [2.24, 2.45) is 0 Å². The molecule has 29 heavy (non-hydrogen) atoms. The fourth-order valence-corrected chi connectivity index (χ4v) is 3.58. The summed E-state index contributed by atoms with van der Waals surface area (Å²) in [5, 5.41) is 6.40. The van der Waals surface area contributed by atoms with Crippen molar-refractivity contribution in [3.63, 3.8) is 0 Å². The lowest BCUT2D eigenvalue weighted by Gasteiger charge is -2.35. The van der Waals surface area contributed by atoms with Crippen molar-refractivity contribution in [3.05, 3.63) is 41.3 Å². The van der Waals surface area contributed by atoms with E-state index in [-0.39, 0.29) is 44.3 Å². The number of ether oxygens (including phenoxy) is 2. The Kier molecular flexibility index (Phi) is 5.37. The molecule has 1 aromatic carbocycles. The van der Waals surface area contributed by atoms with E-state index in [1.165, 1.54) is 11.0 Å². The molecule has 1 saturated heterocycles. The van der Waals surface area contributed by atoms with Gasteiger partial charge < -0.3 is 24.2 Å². The van der Waals surface area contributed by atoms with Crippen LogP contribution in [-0.4, -0.2) is 54.0 Å². The molecule has 3 heterocycles. The molecule has 2 atom stereocenters. The lowest BCUT2D eigenvalue weighted by atomic mass is 10.0. The van der Waals surface area contributed by atoms with Gasteiger partial charge in [-0.15, -0.1) is 0 Å². The summed E-state index contributed by atoms with van der Waals surface area (Å²) in [6.45, 7) is 2.19. The first-order valence-electron chi connectivity index (χ1n) is 9.52. The van der Waals surface area contributed by atoms with Crippen LogP contribution in [0.15, 0.2) is 28.8 Å². The minimum Gasteiger partial charge on any atom is -0.454 e.